The van der Waals surface area contributed by atoms with Gasteiger partial charge in [-0.05, 0) is 31.5 Å². The van der Waals surface area contributed by atoms with Crippen LogP contribution < -0.4 is 5.14 Å². The van der Waals surface area contributed by atoms with E-state index in [9.17, 15) is 8.42 Å². The van der Waals surface area contributed by atoms with Crippen LogP contribution in [0.1, 0.15) is 23.7 Å². The van der Waals surface area contributed by atoms with Crippen LogP contribution in [0.15, 0.2) is 30.3 Å². The Kier molecular flexibility index (Phi) is 3.81. The van der Waals surface area contributed by atoms with E-state index in [2.05, 4.69) is 4.90 Å². The lowest BCUT2D eigenvalue weighted by molar-refractivity contribution is 0.336. The lowest BCUT2D eigenvalue weighted by Crippen LogP contribution is -2.33. The van der Waals surface area contributed by atoms with Crippen LogP contribution in [0.3, 0.4) is 0 Å². The zero-order valence-corrected chi connectivity index (χ0v) is 10.6. The van der Waals surface area contributed by atoms with Crippen molar-refractivity contribution in [3.8, 4) is 0 Å². The summed E-state index contributed by atoms with van der Waals surface area (Å²) in [5.74, 6) is 0. The second-order valence-electron chi connectivity index (χ2n) is 4.50. The number of primary sulfonamides is 1. The summed E-state index contributed by atoms with van der Waals surface area (Å²) in [6.45, 7) is 2.44. The zero-order valence-electron chi connectivity index (χ0n) is 9.75. The molecule has 1 atom stereocenters. The Hall–Kier alpha value is -0.910. The van der Waals surface area contributed by atoms with Crippen molar-refractivity contribution in [2.45, 2.75) is 18.1 Å². The maximum Gasteiger partial charge on any atom is 0.217 e. The van der Waals surface area contributed by atoms with Crippen molar-refractivity contribution in [3.63, 3.8) is 0 Å². The third-order valence-electron chi connectivity index (χ3n) is 3.19. The second-order valence-corrected chi connectivity index (χ2v) is 6.24. The highest BCUT2D eigenvalue weighted by atomic mass is 32.2. The average Bonchev–Trinajstić information content (AvgIpc) is 2.78. The minimum atomic E-state index is -3.55. The van der Waals surface area contributed by atoms with Crippen LogP contribution in [0.4, 0.5) is 0 Å². The lowest BCUT2D eigenvalue weighted by Gasteiger charge is -2.22. The van der Waals surface area contributed by atoms with Crippen molar-refractivity contribution >= 4 is 10.0 Å². The molecule has 1 heterocycles. The Morgan fingerprint density at radius 1 is 1.18 bits per heavy atom. The molecule has 1 aliphatic heterocycles. The molecule has 1 aromatic rings. The molecule has 2 N–H and O–H groups in total. The largest absolute Gasteiger partial charge is 0.302 e. The van der Waals surface area contributed by atoms with Gasteiger partial charge in [-0.15, -0.1) is 0 Å². The summed E-state index contributed by atoms with van der Waals surface area (Å²) in [7, 11) is -3.55. The molecule has 0 radical (unpaired) electrons. The number of nitrogens with zero attached hydrogens (tertiary/aromatic N) is 1. The van der Waals surface area contributed by atoms with Crippen LogP contribution in [-0.4, -0.2) is 33.0 Å². The monoisotopic (exact) mass is 254 g/mol. The van der Waals surface area contributed by atoms with Gasteiger partial charge in [0.2, 0.25) is 10.0 Å². The molecule has 4 nitrogen and oxygen atoms in total. The number of hydrogen-bond acceptors (Lipinski definition) is 3. The van der Waals surface area contributed by atoms with Crippen molar-refractivity contribution in [1.29, 1.82) is 0 Å². The summed E-state index contributed by atoms with van der Waals surface area (Å²) in [4.78, 5) is 2.17. The highest BCUT2D eigenvalue weighted by molar-refractivity contribution is 7.89. The molecule has 2 rings (SSSR count). The Balaban J connectivity index is 2.20. The quantitative estimate of drug-likeness (QED) is 0.875. The first-order chi connectivity index (χ1) is 8.07. The molecule has 0 saturated carbocycles. The van der Waals surface area contributed by atoms with Gasteiger partial charge in [0, 0.05) is 6.54 Å². The summed E-state index contributed by atoms with van der Waals surface area (Å²) < 4.78 is 23.3. The number of rotatable bonds is 4. The maximum absolute atomic E-state index is 11.7. The molecule has 0 aromatic heterocycles. The molecular formula is C12H18N2O2S. The molecule has 1 aliphatic rings. The summed E-state index contributed by atoms with van der Waals surface area (Å²) >= 11 is 0. The highest BCUT2D eigenvalue weighted by Crippen LogP contribution is 2.23. The molecule has 0 spiro atoms. The molecule has 0 bridgehead atoms. The molecule has 1 aromatic carbocycles. The summed E-state index contributed by atoms with van der Waals surface area (Å²) in [6.07, 6.45) is 2.29. The second kappa shape index (κ2) is 5.16. The van der Waals surface area contributed by atoms with Crippen molar-refractivity contribution in [2.24, 2.45) is 5.14 Å². The van der Waals surface area contributed by atoms with Gasteiger partial charge >= 0.3 is 0 Å². The molecule has 1 unspecified atom stereocenters. The highest BCUT2D eigenvalue weighted by Gasteiger charge is 2.27. The normalized spacial score (nSPS) is 19.4. The first kappa shape index (κ1) is 12.5. The number of benzene rings is 1. The first-order valence-electron chi connectivity index (χ1n) is 5.86. The van der Waals surface area contributed by atoms with Crippen LogP contribution in [0.5, 0.6) is 0 Å². The molecular weight excluding hydrogens is 236 g/mol. The molecule has 0 aliphatic carbocycles. The Bertz CT molecular complexity index is 453. The van der Waals surface area contributed by atoms with Gasteiger partial charge in [-0.3, -0.25) is 0 Å². The predicted molar refractivity (Wildman–Crippen MR) is 68.0 cm³/mol. The predicted octanol–water partition coefficient (Wildman–Crippen LogP) is 1.11. The number of likely N-dealkylation sites (tertiary alicyclic amines) is 1. The number of nitrogens with two attached hydrogens (primary N) is 1. The fourth-order valence-electron chi connectivity index (χ4n) is 2.27. The van der Waals surface area contributed by atoms with Gasteiger partial charge in [-0.1, -0.05) is 30.3 Å². The van der Waals surface area contributed by atoms with Gasteiger partial charge in [0.15, 0.2) is 0 Å². The van der Waals surface area contributed by atoms with Crippen LogP contribution in [-0.2, 0) is 10.0 Å². The molecule has 0 amide bonds. The fourth-order valence-corrected chi connectivity index (χ4v) is 3.22. The van der Waals surface area contributed by atoms with Crippen LogP contribution in [0, 0.1) is 0 Å². The third kappa shape index (κ3) is 3.28. The van der Waals surface area contributed by atoms with E-state index in [4.69, 9.17) is 5.14 Å². The van der Waals surface area contributed by atoms with E-state index < -0.39 is 15.3 Å². The van der Waals surface area contributed by atoms with Crippen molar-refractivity contribution in [3.05, 3.63) is 35.9 Å². The molecule has 1 fully saturated rings. The SMILES string of the molecule is NS(=O)(=O)C(CN1CCCC1)c1ccccc1. The van der Waals surface area contributed by atoms with Crippen LogP contribution >= 0.6 is 0 Å². The van der Waals surface area contributed by atoms with Crippen LogP contribution in [0.25, 0.3) is 0 Å². The average molecular weight is 254 g/mol. The van der Waals surface area contributed by atoms with Crippen molar-refractivity contribution in [2.75, 3.05) is 19.6 Å². The Morgan fingerprint density at radius 3 is 2.29 bits per heavy atom. The lowest BCUT2D eigenvalue weighted by atomic mass is 10.1. The van der Waals surface area contributed by atoms with Gasteiger partial charge in [0.25, 0.3) is 0 Å². The van der Waals surface area contributed by atoms with E-state index in [1.165, 1.54) is 0 Å². The zero-order chi connectivity index (χ0) is 12.3. The van der Waals surface area contributed by atoms with Gasteiger partial charge in [0.05, 0.1) is 0 Å². The van der Waals surface area contributed by atoms with E-state index in [0.717, 1.165) is 31.5 Å². The van der Waals surface area contributed by atoms with E-state index in [1.807, 2.05) is 30.3 Å². The van der Waals surface area contributed by atoms with E-state index in [-0.39, 0.29) is 0 Å². The molecule has 94 valence electrons. The van der Waals surface area contributed by atoms with Gasteiger partial charge in [-0.25, -0.2) is 13.6 Å². The third-order valence-corrected chi connectivity index (χ3v) is 4.41. The van der Waals surface area contributed by atoms with E-state index in [1.54, 1.807) is 0 Å². The number of sulfonamides is 1. The molecule has 17 heavy (non-hydrogen) atoms. The van der Waals surface area contributed by atoms with Gasteiger partial charge in [0.1, 0.15) is 5.25 Å². The van der Waals surface area contributed by atoms with Crippen molar-refractivity contribution < 1.29 is 8.42 Å². The van der Waals surface area contributed by atoms with E-state index in [0.29, 0.717) is 6.54 Å². The smallest absolute Gasteiger partial charge is 0.217 e. The maximum atomic E-state index is 11.7. The topological polar surface area (TPSA) is 63.4 Å². The minimum absolute atomic E-state index is 0.503. The van der Waals surface area contributed by atoms with E-state index >= 15 is 0 Å². The first-order valence-corrected chi connectivity index (χ1v) is 7.47. The number of hydrogen-bond donors (Lipinski definition) is 1. The molecule has 1 saturated heterocycles. The van der Waals surface area contributed by atoms with Crippen molar-refractivity contribution in [1.82, 2.24) is 4.90 Å². The summed E-state index contributed by atoms with van der Waals surface area (Å²) in [5.41, 5.74) is 0.780. The molecule has 5 heteroatoms. The Morgan fingerprint density at radius 2 is 1.76 bits per heavy atom. The van der Waals surface area contributed by atoms with Gasteiger partial charge in [-0.2, -0.15) is 0 Å². The summed E-state index contributed by atoms with van der Waals surface area (Å²) in [5, 5.41) is 4.73. The Labute approximate surface area is 102 Å². The van der Waals surface area contributed by atoms with Crippen LogP contribution in [0.2, 0.25) is 0 Å². The fraction of sp³-hybridized carbons (Fsp3) is 0.500. The standard InChI is InChI=1S/C12H18N2O2S/c13-17(15,16)12(10-14-8-4-5-9-14)11-6-2-1-3-7-11/h1-3,6-7,12H,4-5,8-10H2,(H2,13,15,16). The summed E-state index contributed by atoms with van der Waals surface area (Å²) in [6, 6.07) is 9.21. The minimum Gasteiger partial charge on any atom is -0.302 e. The van der Waals surface area contributed by atoms with Gasteiger partial charge < -0.3 is 4.90 Å².